The fourth-order valence-corrected chi connectivity index (χ4v) is 4.20. The minimum Gasteiger partial charge on any atom is -0.419 e. The fourth-order valence-electron chi connectivity index (χ4n) is 3.94. The Kier molecular flexibility index (Phi) is 4.74. The summed E-state index contributed by atoms with van der Waals surface area (Å²) in [5.41, 5.74) is 3.53. The van der Waals surface area contributed by atoms with Crippen molar-refractivity contribution in [3.8, 4) is 11.5 Å². The van der Waals surface area contributed by atoms with Gasteiger partial charge in [0.05, 0.1) is 6.54 Å². The molecule has 28 heavy (non-hydrogen) atoms. The summed E-state index contributed by atoms with van der Waals surface area (Å²) in [4.78, 5) is 5.99. The number of rotatable bonds is 4. The maximum atomic E-state index is 5.88. The molecule has 1 aliphatic heterocycles. The first-order valence-electron chi connectivity index (χ1n) is 9.63. The lowest BCUT2D eigenvalue weighted by atomic mass is 9.93. The van der Waals surface area contributed by atoms with Crippen LogP contribution in [-0.2, 0) is 6.54 Å². The van der Waals surface area contributed by atoms with Crippen LogP contribution in [0.15, 0.2) is 63.5 Å². The molecule has 0 unspecified atom stereocenters. The van der Waals surface area contributed by atoms with Crippen molar-refractivity contribution < 1.29 is 4.42 Å². The maximum Gasteiger partial charge on any atom is 0.247 e. The Hall–Kier alpha value is -2.44. The Balaban J connectivity index is 1.21. The van der Waals surface area contributed by atoms with Crippen molar-refractivity contribution in [3.05, 3.63) is 70.7 Å². The molecular formula is C22H21BrN4O. The number of hydrogen-bond donors (Lipinski definition) is 1. The summed E-state index contributed by atoms with van der Waals surface area (Å²) in [6, 6.07) is 18.7. The van der Waals surface area contributed by atoms with E-state index in [0.29, 0.717) is 24.2 Å². The van der Waals surface area contributed by atoms with Gasteiger partial charge in [-0.05, 0) is 67.7 Å². The van der Waals surface area contributed by atoms with Crippen LogP contribution < -0.4 is 0 Å². The molecule has 142 valence electrons. The van der Waals surface area contributed by atoms with Gasteiger partial charge in [-0.25, -0.2) is 0 Å². The first kappa shape index (κ1) is 17.6. The van der Waals surface area contributed by atoms with Crippen LogP contribution in [0.4, 0.5) is 0 Å². The number of aromatic nitrogens is 3. The summed E-state index contributed by atoms with van der Waals surface area (Å²) in [7, 11) is 0. The van der Waals surface area contributed by atoms with Crippen LogP contribution in [-0.4, -0.2) is 33.2 Å². The summed E-state index contributed by atoms with van der Waals surface area (Å²) < 4.78 is 6.91. The van der Waals surface area contributed by atoms with E-state index in [1.807, 2.05) is 24.3 Å². The molecule has 0 spiro atoms. The van der Waals surface area contributed by atoms with Gasteiger partial charge in [0, 0.05) is 27.2 Å². The number of aromatic amines is 1. The second-order valence-corrected chi connectivity index (χ2v) is 8.29. The van der Waals surface area contributed by atoms with E-state index in [1.165, 1.54) is 16.6 Å². The lowest BCUT2D eigenvalue weighted by Crippen LogP contribution is -2.32. The molecule has 2 aromatic heterocycles. The summed E-state index contributed by atoms with van der Waals surface area (Å²) >= 11 is 3.44. The molecule has 0 aliphatic carbocycles. The molecule has 1 fully saturated rings. The second-order valence-electron chi connectivity index (χ2n) is 7.37. The normalized spacial score (nSPS) is 16.0. The van der Waals surface area contributed by atoms with Crippen molar-refractivity contribution in [3.63, 3.8) is 0 Å². The quantitative estimate of drug-likeness (QED) is 0.467. The third kappa shape index (κ3) is 3.62. The van der Waals surface area contributed by atoms with Gasteiger partial charge in [0.1, 0.15) is 0 Å². The summed E-state index contributed by atoms with van der Waals surface area (Å²) in [5.74, 6) is 1.85. The molecule has 1 saturated heterocycles. The molecule has 3 heterocycles. The molecule has 0 atom stereocenters. The van der Waals surface area contributed by atoms with Crippen LogP contribution in [0.3, 0.4) is 0 Å². The smallest absolute Gasteiger partial charge is 0.247 e. The van der Waals surface area contributed by atoms with Crippen molar-refractivity contribution in [2.75, 3.05) is 13.1 Å². The zero-order valence-corrected chi connectivity index (χ0v) is 17.0. The highest BCUT2D eigenvalue weighted by molar-refractivity contribution is 9.10. The first-order valence-corrected chi connectivity index (χ1v) is 10.4. The SMILES string of the molecule is Brc1ccc(-c2nnc(CN3CCC(c4cc5ccccc5[nH]4)CC3)o2)cc1. The molecule has 5 nitrogen and oxygen atoms in total. The molecular weight excluding hydrogens is 416 g/mol. The Morgan fingerprint density at radius 3 is 2.61 bits per heavy atom. The molecule has 5 rings (SSSR count). The third-order valence-electron chi connectivity index (χ3n) is 5.50. The van der Waals surface area contributed by atoms with Crippen molar-refractivity contribution >= 4 is 26.8 Å². The van der Waals surface area contributed by atoms with Gasteiger partial charge < -0.3 is 9.40 Å². The molecule has 1 N–H and O–H groups in total. The van der Waals surface area contributed by atoms with E-state index in [-0.39, 0.29) is 0 Å². The number of likely N-dealkylation sites (tertiary alicyclic amines) is 1. The second kappa shape index (κ2) is 7.53. The summed E-state index contributed by atoms with van der Waals surface area (Å²) in [5, 5.41) is 9.74. The largest absolute Gasteiger partial charge is 0.419 e. The van der Waals surface area contributed by atoms with Crippen LogP contribution >= 0.6 is 15.9 Å². The van der Waals surface area contributed by atoms with Gasteiger partial charge in [0.2, 0.25) is 11.8 Å². The average molecular weight is 437 g/mol. The van der Waals surface area contributed by atoms with E-state index in [1.54, 1.807) is 0 Å². The van der Waals surface area contributed by atoms with E-state index < -0.39 is 0 Å². The number of fused-ring (bicyclic) bond motifs is 1. The van der Waals surface area contributed by atoms with Gasteiger partial charge >= 0.3 is 0 Å². The van der Waals surface area contributed by atoms with Crippen molar-refractivity contribution in [1.29, 1.82) is 0 Å². The number of piperidine rings is 1. The summed E-state index contributed by atoms with van der Waals surface area (Å²) in [6.45, 7) is 2.79. The van der Waals surface area contributed by atoms with Crippen LogP contribution in [0.25, 0.3) is 22.4 Å². The molecule has 0 amide bonds. The molecule has 4 aromatic rings. The first-order chi connectivity index (χ1) is 13.7. The number of hydrogen-bond acceptors (Lipinski definition) is 4. The lowest BCUT2D eigenvalue weighted by molar-refractivity contribution is 0.187. The predicted octanol–water partition coefficient (Wildman–Crippen LogP) is 5.36. The van der Waals surface area contributed by atoms with E-state index >= 15 is 0 Å². The zero-order chi connectivity index (χ0) is 18.9. The highest BCUT2D eigenvalue weighted by atomic mass is 79.9. The van der Waals surface area contributed by atoms with E-state index in [2.05, 4.69) is 66.3 Å². The maximum absolute atomic E-state index is 5.88. The Bertz CT molecular complexity index is 1040. The van der Waals surface area contributed by atoms with Gasteiger partial charge in [-0.2, -0.15) is 0 Å². The van der Waals surface area contributed by atoms with Crippen LogP contribution in [0.1, 0.15) is 30.3 Å². The van der Waals surface area contributed by atoms with Crippen molar-refractivity contribution in [2.24, 2.45) is 0 Å². The molecule has 0 saturated carbocycles. The van der Waals surface area contributed by atoms with Crippen LogP contribution in [0.2, 0.25) is 0 Å². The number of nitrogens with zero attached hydrogens (tertiary/aromatic N) is 3. The minimum absolute atomic E-state index is 0.579. The fraction of sp³-hybridized carbons (Fsp3) is 0.273. The van der Waals surface area contributed by atoms with Gasteiger partial charge in [-0.1, -0.05) is 34.1 Å². The highest BCUT2D eigenvalue weighted by Gasteiger charge is 2.23. The monoisotopic (exact) mass is 436 g/mol. The molecule has 6 heteroatoms. The van der Waals surface area contributed by atoms with E-state index in [0.717, 1.165) is 36.0 Å². The van der Waals surface area contributed by atoms with Gasteiger partial charge in [0.25, 0.3) is 0 Å². The Labute approximate surface area is 171 Å². The van der Waals surface area contributed by atoms with Crippen LogP contribution in [0.5, 0.6) is 0 Å². The van der Waals surface area contributed by atoms with E-state index in [4.69, 9.17) is 4.42 Å². The number of H-pyrrole nitrogens is 1. The standard InChI is InChI=1S/C22H21BrN4O/c23-18-7-5-16(6-8-18)22-26-25-21(28-22)14-27-11-9-15(10-12-27)20-13-17-3-1-2-4-19(17)24-20/h1-8,13,15,24H,9-12,14H2. The number of para-hydroxylation sites is 1. The topological polar surface area (TPSA) is 58.0 Å². The zero-order valence-electron chi connectivity index (χ0n) is 15.4. The molecule has 0 bridgehead atoms. The number of halogens is 1. The van der Waals surface area contributed by atoms with Crippen molar-refractivity contribution in [1.82, 2.24) is 20.1 Å². The highest BCUT2D eigenvalue weighted by Crippen LogP contribution is 2.30. The lowest BCUT2D eigenvalue weighted by Gasteiger charge is -2.30. The molecule has 1 aliphatic rings. The molecule has 2 aromatic carbocycles. The Morgan fingerprint density at radius 2 is 1.82 bits per heavy atom. The van der Waals surface area contributed by atoms with Gasteiger partial charge in [0.15, 0.2) is 0 Å². The minimum atomic E-state index is 0.579. The van der Waals surface area contributed by atoms with Crippen LogP contribution in [0, 0.1) is 0 Å². The Morgan fingerprint density at radius 1 is 1.04 bits per heavy atom. The van der Waals surface area contributed by atoms with E-state index in [9.17, 15) is 0 Å². The van der Waals surface area contributed by atoms with Gasteiger partial charge in [-0.15, -0.1) is 10.2 Å². The van der Waals surface area contributed by atoms with Crippen molar-refractivity contribution in [2.45, 2.75) is 25.3 Å². The van der Waals surface area contributed by atoms with Gasteiger partial charge in [-0.3, -0.25) is 4.90 Å². The predicted molar refractivity (Wildman–Crippen MR) is 113 cm³/mol. The number of benzene rings is 2. The number of nitrogens with one attached hydrogen (secondary N) is 1. The third-order valence-corrected chi connectivity index (χ3v) is 6.02. The average Bonchev–Trinajstić information content (AvgIpc) is 3.36. The summed E-state index contributed by atoms with van der Waals surface area (Å²) in [6.07, 6.45) is 2.28. The molecule has 0 radical (unpaired) electrons.